The Labute approximate surface area is 413 Å². The monoisotopic (exact) mass is 977 g/mol. The van der Waals surface area contributed by atoms with Crippen LogP contribution in [0.25, 0.3) is 10.8 Å². The van der Waals surface area contributed by atoms with E-state index in [-0.39, 0.29) is 74.9 Å². The molecule has 18 nitrogen and oxygen atoms in total. The average Bonchev–Trinajstić information content (AvgIpc) is 3.84. The van der Waals surface area contributed by atoms with Gasteiger partial charge in [0.2, 0.25) is 5.91 Å². The number of piperazine rings is 1. The van der Waals surface area contributed by atoms with Crippen molar-refractivity contribution in [1.82, 2.24) is 14.8 Å². The van der Waals surface area contributed by atoms with Gasteiger partial charge in [-0.25, -0.2) is 4.99 Å². The summed E-state index contributed by atoms with van der Waals surface area (Å²) in [5.74, 6) is -5.92. The van der Waals surface area contributed by atoms with Crippen LogP contribution in [0.1, 0.15) is 96.0 Å². The van der Waals surface area contributed by atoms with Gasteiger partial charge in [-0.2, -0.15) is 0 Å². The molecule has 2 aromatic carbocycles. The van der Waals surface area contributed by atoms with Crippen molar-refractivity contribution in [3.05, 3.63) is 82.5 Å². The zero-order valence-corrected chi connectivity index (χ0v) is 41.7. The van der Waals surface area contributed by atoms with Crippen LogP contribution in [-0.4, -0.2) is 134 Å². The molecule has 7 heterocycles. The number of amides is 2. The fourth-order valence-electron chi connectivity index (χ4n) is 10.2. The zero-order chi connectivity index (χ0) is 50.9. The van der Waals surface area contributed by atoms with E-state index in [1.807, 2.05) is 12.1 Å². The first-order valence-electron chi connectivity index (χ1n) is 24.8. The maximum absolute atomic E-state index is 14.8. The number of nitrogens with zero attached hydrogens (tertiary/aromatic N) is 6. The maximum atomic E-state index is 14.8. The lowest BCUT2D eigenvalue weighted by Gasteiger charge is -2.38. The van der Waals surface area contributed by atoms with E-state index in [4.69, 9.17) is 19.2 Å². The number of esters is 1. The summed E-state index contributed by atoms with van der Waals surface area (Å²) in [4.78, 5) is 75.3. The van der Waals surface area contributed by atoms with Gasteiger partial charge >= 0.3 is 11.8 Å². The molecule has 2 amide bonds. The quantitative estimate of drug-likeness (QED) is 0.127. The van der Waals surface area contributed by atoms with E-state index in [2.05, 4.69) is 38.9 Å². The van der Waals surface area contributed by atoms with Crippen LogP contribution in [0, 0.1) is 24.7 Å². The summed E-state index contributed by atoms with van der Waals surface area (Å²) < 4.78 is 18.3. The first-order chi connectivity index (χ1) is 33.8. The molecule has 5 N–H and O–H groups in total. The highest BCUT2D eigenvalue weighted by Gasteiger charge is 2.50. The van der Waals surface area contributed by atoms with Gasteiger partial charge in [-0.15, -0.1) is 0 Å². The third-order valence-electron chi connectivity index (χ3n) is 14.6. The number of pyridine rings is 1. The summed E-state index contributed by atoms with van der Waals surface area (Å²) >= 11 is 0. The number of benzene rings is 2. The number of aliphatic hydroxyl groups is 2. The number of hydrogen-bond acceptors (Lipinski definition) is 16. The summed E-state index contributed by atoms with van der Waals surface area (Å²) in [6.45, 7) is 16.7. The van der Waals surface area contributed by atoms with Gasteiger partial charge in [0, 0.05) is 118 Å². The van der Waals surface area contributed by atoms with Crippen molar-refractivity contribution < 1.29 is 53.8 Å². The lowest BCUT2D eigenvalue weighted by molar-refractivity contribution is -0.158. The number of phenolic OH excluding ortho intramolecular Hbond substituents is 2. The Morgan fingerprint density at radius 1 is 0.958 bits per heavy atom. The predicted molar refractivity (Wildman–Crippen MR) is 264 cm³/mol. The van der Waals surface area contributed by atoms with Gasteiger partial charge in [0.25, 0.3) is 11.7 Å². The molecule has 3 aromatic rings. The Morgan fingerprint density at radius 2 is 1.66 bits per heavy atom. The molecule has 2 saturated heterocycles. The van der Waals surface area contributed by atoms with Gasteiger partial charge in [-0.05, 0) is 50.8 Å². The highest BCUT2D eigenvalue weighted by atomic mass is 16.7. The molecule has 6 aliphatic heterocycles. The van der Waals surface area contributed by atoms with Crippen LogP contribution in [-0.2, 0) is 23.9 Å². The van der Waals surface area contributed by atoms with E-state index in [1.165, 1.54) is 19.3 Å². The van der Waals surface area contributed by atoms with Crippen LogP contribution in [0.3, 0.4) is 0 Å². The van der Waals surface area contributed by atoms with Crippen molar-refractivity contribution in [3.8, 4) is 17.2 Å². The van der Waals surface area contributed by atoms with Crippen molar-refractivity contribution >= 4 is 45.7 Å². The molecular weight excluding hydrogens is 911 g/mol. The van der Waals surface area contributed by atoms with Gasteiger partial charge in [0.1, 0.15) is 40.4 Å². The van der Waals surface area contributed by atoms with Crippen molar-refractivity contribution in [1.29, 1.82) is 0 Å². The van der Waals surface area contributed by atoms with Crippen LogP contribution in [0.5, 0.6) is 17.2 Å². The largest absolute Gasteiger partial charge is 0.507 e. The van der Waals surface area contributed by atoms with Crippen LogP contribution in [0.2, 0.25) is 0 Å². The summed E-state index contributed by atoms with van der Waals surface area (Å²) in [5, 5.41) is 50.4. The summed E-state index contributed by atoms with van der Waals surface area (Å²) in [5.41, 5.74) is 0.865. The summed E-state index contributed by atoms with van der Waals surface area (Å²) in [7, 11) is 0. The minimum atomic E-state index is -1.93. The van der Waals surface area contributed by atoms with Gasteiger partial charge < -0.3 is 54.7 Å². The topological polar surface area (TPSA) is 236 Å². The van der Waals surface area contributed by atoms with E-state index < -0.39 is 71.4 Å². The van der Waals surface area contributed by atoms with E-state index in [1.54, 1.807) is 63.2 Å². The van der Waals surface area contributed by atoms with Crippen molar-refractivity contribution in [3.63, 3.8) is 0 Å². The molecule has 380 valence electrons. The van der Waals surface area contributed by atoms with E-state index in [9.17, 15) is 39.6 Å². The first-order valence-corrected chi connectivity index (χ1v) is 24.8. The van der Waals surface area contributed by atoms with Crippen LogP contribution in [0.4, 0.5) is 11.4 Å². The van der Waals surface area contributed by atoms with Crippen molar-refractivity contribution in [2.75, 3.05) is 56.0 Å². The molecule has 2 unspecified atom stereocenters. The first kappa shape index (κ1) is 51.0. The minimum Gasteiger partial charge on any atom is -0.507 e. The van der Waals surface area contributed by atoms with E-state index >= 15 is 0 Å². The number of carbonyl (C=O) groups excluding carboxylic acids is 4. The number of rotatable bonds is 6. The smallest absolute Gasteiger partial charge is 0.315 e. The maximum Gasteiger partial charge on any atom is 0.315 e. The highest BCUT2D eigenvalue weighted by Crippen LogP contribution is 2.51. The third-order valence-corrected chi connectivity index (χ3v) is 14.6. The number of aromatic nitrogens is 1. The molecule has 5 bridgehead atoms. The Bertz CT molecular complexity index is 2780. The molecular formula is C53H67N7O11. The number of hydrogen-bond donors (Lipinski definition) is 5. The number of ketones is 1. The fourth-order valence-corrected chi connectivity index (χ4v) is 10.2. The normalized spacial score (nSPS) is 27.8. The van der Waals surface area contributed by atoms with Gasteiger partial charge in [-0.3, -0.25) is 29.2 Å². The lowest BCUT2D eigenvalue weighted by Crippen LogP contribution is -2.49. The standard InChI is InChI=1S/C53H67N7O11/c1-30(2)29-58-20-16-53(17-21-58)56-44-41-42-47(65)34(6)49-43(41)50(67)52(7,71-49)69-26-9-8-13-38(70-40(64)28-39(63)60-24-22-59(23-25-60)35-14-18-54-19-15-35)33(5)37(62)27-36(61)31(3)11-10-12-32(4)51(68)55-46(48(42)66)45(44)57-53/h9-12,14-15,18-19,26,30-31,33,36-38,56,61-62,65-66H,8,13,16-17,20-25,27-29H2,1-7H3/b11-10+,26-9+,32-12-,55-46?/t31?,33-,36-,37?,38-,52+/m1/s1. The van der Waals surface area contributed by atoms with Gasteiger partial charge in [0.05, 0.1) is 35.1 Å². The lowest BCUT2D eigenvalue weighted by atomic mass is 9.88. The number of Topliss-reactive ketones (excluding diaryl/α,β-unsaturated/α-hetero) is 1. The number of likely N-dealkylation sites (tertiary alicyclic amines) is 1. The summed E-state index contributed by atoms with van der Waals surface area (Å²) in [6.07, 6.45) is 9.12. The third kappa shape index (κ3) is 10.5. The number of ether oxygens (including phenoxy) is 3. The van der Waals surface area contributed by atoms with Crippen LogP contribution >= 0.6 is 0 Å². The Balaban J connectivity index is 1.10. The Kier molecular flexibility index (Phi) is 14.9. The number of allylic oxidation sites excluding steroid dienone is 3. The molecule has 6 aliphatic rings. The summed E-state index contributed by atoms with van der Waals surface area (Å²) in [6, 6.07) is 3.81. The molecule has 71 heavy (non-hydrogen) atoms. The second-order valence-electron chi connectivity index (χ2n) is 20.3. The van der Waals surface area contributed by atoms with E-state index in [0.717, 1.165) is 25.3 Å². The second-order valence-corrected chi connectivity index (χ2v) is 20.3. The van der Waals surface area contributed by atoms with Crippen molar-refractivity contribution in [2.45, 2.75) is 117 Å². The highest BCUT2D eigenvalue weighted by molar-refractivity contribution is 6.21. The molecule has 2 fully saturated rings. The number of aromatic hydroxyl groups is 2. The Morgan fingerprint density at radius 3 is 2.35 bits per heavy atom. The predicted octanol–water partition coefficient (Wildman–Crippen LogP) is 4.75. The van der Waals surface area contributed by atoms with Gasteiger partial charge in [-0.1, -0.05) is 45.9 Å². The Hall–Kier alpha value is -6.37. The SMILES string of the molecule is C/C1=C/C=C/C(C)[C@H](O)CC(O)[C@@H](C)[C@H](OC(=O)CC(=O)N2CCN(c3ccncc3)CC2)CC/C=C/O[C@@]2(C)Oc3c(C)c(O)c4c(O)c(c5c(c4c3C2=O)NC2(CCN(CC(C)C)CC2)N=5)=NC1=O. The molecule has 0 aliphatic carbocycles. The molecule has 6 atom stereocenters. The van der Waals surface area contributed by atoms with Crippen molar-refractivity contribution in [2.24, 2.45) is 27.7 Å². The number of aliphatic hydroxyl groups excluding tert-OH is 2. The minimum absolute atomic E-state index is 0.0551. The zero-order valence-electron chi connectivity index (χ0n) is 41.7. The molecule has 0 radical (unpaired) electrons. The molecule has 1 spiro atoms. The second kappa shape index (κ2) is 20.8. The number of anilines is 2. The number of carbonyl (C=O) groups is 4. The molecule has 1 aromatic heterocycles. The number of piperidine rings is 1. The van der Waals surface area contributed by atoms with E-state index in [0.29, 0.717) is 50.6 Å². The number of phenols is 2. The molecule has 9 rings (SSSR count). The molecule has 18 heteroatoms. The fraction of sp³-hybridized carbons (Fsp3) is 0.528. The number of nitrogens with one attached hydrogen (secondary N) is 1. The molecule has 0 saturated carbocycles. The van der Waals surface area contributed by atoms with Crippen LogP contribution < -0.4 is 25.7 Å². The van der Waals surface area contributed by atoms with Crippen LogP contribution in [0.15, 0.2) is 70.7 Å². The number of fused-ring (bicyclic) bond motifs is 13. The van der Waals surface area contributed by atoms with Gasteiger partial charge in [0.15, 0.2) is 5.75 Å². The average molecular weight is 978 g/mol.